The molecule has 23 heavy (non-hydrogen) atoms. The van der Waals surface area contributed by atoms with Crippen molar-refractivity contribution in [3.05, 3.63) is 71.3 Å². The Kier molecular flexibility index (Phi) is 5.18. The minimum Gasteiger partial charge on any atom is -0.380 e. The second kappa shape index (κ2) is 7.51. The van der Waals surface area contributed by atoms with Crippen LogP contribution in [0.4, 0.5) is 0 Å². The quantitative estimate of drug-likeness (QED) is 0.862. The van der Waals surface area contributed by atoms with Crippen LogP contribution in [-0.4, -0.2) is 42.1 Å². The average Bonchev–Trinajstić information content (AvgIpc) is 2.62. The number of nitrogens with zero attached hydrogens (tertiary/aromatic N) is 1. The van der Waals surface area contributed by atoms with Crippen LogP contribution in [0, 0.1) is 0 Å². The molecule has 1 aliphatic rings. The molecule has 0 aliphatic carbocycles. The van der Waals surface area contributed by atoms with Gasteiger partial charge in [-0.15, -0.1) is 0 Å². The maximum atomic E-state index is 12.7. The summed E-state index contributed by atoms with van der Waals surface area (Å²) in [6, 6.07) is 16.6. The molecule has 1 heterocycles. The molecule has 2 aromatic rings. The number of Topliss-reactive ketones (excluding diaryl/α,β-unsaturated/α-hetero) is 1. The Hall–Kier alpha value is -2.01. The Morgan fingerprint density at radius 1 is 1.04 bits per heavy atom. The van der Waals surface area contributed by atoms with E-state index in [9.17, 15) is 9.90 Å². The lowest BCUT2D eigenvalue weighted by Crippen LogP contribution is -2.36. The summed E-state index contributed by atoms with van der Waals surface area (Å²) in [4.78, 5) is 15.0. The molecule has 3 rings (SSSR count). The second-order valence-corrected chi connectivity index (χ2v) is 5.72. The van der Waals surface area contributed by atoms with Gasteiger partial charge in [0, 0.05) is 25.2 Å². The average molecular weight is 311 g/mol. The summed E-state index contributed by atoms with van der Waals surface area (Å²) in [5.41, 5.74) is 2.17. The lowest BCUT2D eigenvalue weighted by molar-refractivity contribution is 0.0340. The Morgan fingerprint density at radius 3 is 2.43 bits per heavy atom. The van der Waals surface area contributed by atoms with E-state index in [1.165, 1.54) is 0 Å². The molecule has 1 atom stereocenters. The number of rotatable bonds is 5. The summed E-state index contributed by atoms with van der Waals surface area (Å²) < 4.78 is 5.36. The van der Waals surface area contributed by atoms with Gasteiger partial charge >= 0.3 is 0 Å². The van der Waals surface area contributed by atoms with Gasteiger partial charge < -0.3 is 9.84 Å². The zero-order chi connectivity index (χ0) is 16.1. The van der Waals surface area contributed by atoms with Gasteiger partial charge in [-0.2, -0.15) is 0 Å². The van der Waals surface area contributed by atoms with Crippen molar-refractivity contribution in [1.82, 2.24) is 4.90 Å². The van der Waals surface area contributed by atoms with Gasteiger partial charge in [-0.1, -0.05) is 54.6 Å². The summed E-state index contributed by atoms with van der Waals surface area (Å²) in [5.74, 6) is -0.250. The van der Waals surface area contributed by atoms with Crippen molar-refractivity contribution in [3.8, 4) is 0 Å². The molecule has 1 N–H and O–H groups in total. The van der Waals surface area contributed by atoms with Gasteiger partial charge in [0.1, 0.15) is 6.10 Å². The number of ether oxygens (including phenoxy) is 1. The molecule has 0 spiro atoms. The van der Waals surface area contributed by atoms with Gasteiger partial charge in [0.25, 0.3) is 0 Å². The van der Waals surface area contributed by atoms with Gasteiger partial charge in [0.05, 0.1) is 13.2 Å². The third kappa shape index (κ3) is 3.85. The number of carbonyl (C=O) groups is 1. The first-order valence-electron chi connectivity index (χ1n) is 7.91. The summed E-state index contributed by atoms with van der Waals surface area (Å²) in [5, 5.41) is 10.4. The topological polar surface area (TPSA) is 49.8 Å². The van der Waals surface area contributed by atoms with Crippen molar-refractivity contribution in [3.63, 3.8) is 0 Å². The zero-order valence-corrected chi connectivity index (χ0v) is 13.0. The third-order valence-electron chi connectivity index (χ3n) is 4.14. The SMILES string of the molecule is O=C(c1ccccc1CN1CCOCC1)C(O)c1ccccc1. The number of ketones is 1. The van der Waals surface area contributed by atoms with Crippen LogP contribution in [0.15, 0.2) is 54.6 Å². The molecule has 0 amide bonds. The highest BCUT2D eigenvalue weighted by Gasteiger charge is 2.22. The van der Waals surface area contributed by atoms with Gasteiger partial charge in [-0.05, 0) is 11.1 Å². The van der Waals surface area contributed by atoms with E-state index in [4.69, 9.17) is 4.74 Å². The number of hydrogen-bond donors (Lipinski definition) is 1. The second-order valence-electron chi connectivity index (χ2n) is 5.72. The van der Waals surface area contributed by atoms with Crippen LogP contribution in [0.1, 0.15) is 27.6 Å². The molecule has 1 saturated heterocycles. The highest BCUT2D eigenvalue weighted by Crippen LogP contribution is 2.22. The summed E-state index contributed by atoms with van der Waals surface area (Å²) >= 11 is 0. The predicted octanol–water partition coefficient (Wildman–Crippen LogP) is 2.44. The molecular formula is C19H21NO3. The van der Waals surface area contributed by atoms with E-state index < -0.39 is 6.10 Å². The number of carbonyl (C=O) groups excluding carboxylic acids is 1. The third-order valence-corrected chi connectivity index (χ3v) is 4.14. The first-order chi connectivity index (χ1) is 11.3. The van der Waals surface area contributed by atoms with Gasteiger partial charge in [0.2, 0.25) is 0 Å². The van der Waals surface area contributed by atoms with Crippen molar-refractivity contribution in [2.75, 3.05) is 26.3 Å². The van der Waals surface area contributed by atoms with Crippen LogP contribution in [0.3, 0.4) is 0 Å². The van der Waals surface area contributed by atoms with Gasteiger partial charge in [-0.25, -0.2) is 0 Å². The largest absolute Gasteiger partial charge is 0.380 e. The van der Waals surface area contributed by atoms with Crippen molar-refractivity contribution >= 4 is 5.78 Å². The molecule has 120 valence electrons. The van der Waals surface area contributed by atoms with Crippen LogP contribution in [0.5, 0.6) is 0 Å². The molecule has 1 aliphatic heterocycles. The monoisotopic (exact) mass is 311 g/mol. The number of aliphatic hydroxyl groups excluding tert-OH is 1. The van der Waals surface area contributed by atoms with E-state index in [-0.39, 0.29) is 5.78 Å². The molecule has 4 nitrogen and oxygen atoms in total. The number of morpholine rings is 1. The number of hydrogen-bond acceptors (Lipinski definition) is 4. The van der Waals surface area contributed by atoms with Crippen molar-refractivity contribution < 1.29 is 14.6 Å². The molecule has 0 radical (unpaired) electrons. The Balaban J connectivity index is 1.80. The molecule has 2 aromatic carbocycles. The van der Waals surface area contributed by atoms with Crippen molar-refractivity contribution in [2.24, 2.45) is 0 Å². The van der Waals surface area contributed by atoms with E-state index in [0.717, 1.165) is 31.9 Å². The Morgan fingerprint density at radius 2 is 1.70 bits per heavy atom. The lowest BCUT2D eigenvalue weighted by Gasteiger charge is -2.27. The summed E-state index contributed by atoms with van der Waals surface area (Å²) in [7, 11) is 0. The molecule has 1 fully saturated rings. The van der Waals surface area contributed by atoms with Gasteiger partial charge in [-0.3, -0.25) is 9.69 Å². The number of aliphatic hydroxyl groups is 1. The van der Waals surface area contributed by atoms with Crippen molar-refractivity contribution in [1.29, 1.82) is 0 Å². The molecular weight excluding hydrogens is 290 g/mol. The molecule has 4 heteroatoms. The minimum absolute atomic E-state index is 0.250. The van der Waals surface area contributed by atoms with E-state index in [2.05, 4.69) is 4.90 Å². The molecule has 0 aromatic heterocycles. The van der Waals surface area contributed by atoms with Crippen molar-refractivity contribution in [2.45, 2.75) is 12.6 Å². The first-order valence-corrected chi connectivity index (χ1v) is 7.91. The van der Waals surface area contributed by atoms with Crippen LogP contribution in [0.25, 0.3) is 0 Å². The Bertz CT molecular complexity index is 651. The normalized spacial score (nSPS) is 16.9. The highest BCUT2D eigenvalue weighted by molar-refractivity contribution is 6.01. The minimum atomic E-state index is -1.12. The van der Waals surface area contributed by atoms with E-state index in [1.807, 2.05) is 36.4 Å². The summed E-state index contributed by atoms with van der Waals surface area (Å²) in [6.07, 6.45) is -1.12. The lowest BCUT2D eigenvalue weighted by atomic mass is 9.96. The highest BCUT2D eigenvalue weighted by atomic mass is 16.5. The molecule has 0 bridgehead atoms. The fourth-order valence-corrected chi connectivity index (χ4v) is 2.83. The van der Waals surface area contributed by atoms with E-state index in [0.29, 0.717) is 17.7 Å². The Labute approximate surface area is 136 Å². The van der Waals surface area contributed by atoms with Crippen LogP contribution in [0.2, 0.25) is 0 Å². The van der Waals surface area contributed by atoms with Crippen LogP contribution in [-0.2, 0) is 11.3 Å². The summed E-state index contributed by atoms with van der Waals surface area (Å²) in [6.45, 7) is 3.88. The maximum Gasteiger partial charge on any atom is 0.196 e. The fraction of sp³-hybridized carbons (Fsp3) is 0.316. The van der Waals surface area contributed by atoms with Gasteiger partial charge in [0.15, 0.2) is 5.78 Å². The standard InChI is InChI=1S/C19H21NO3/c21-18(15-6-2-1-3-7-15)19(22)17-9-5-4-8-16(17)14-20-10-12-23-13-11-20/h1-9,18,21H,10-14H2. The molecule has 0 saturated carbocycles. The predicted molar refractivity (Wildman–Crippen MR) is 88.3 cm³/mol. The van der Waals surface area contributed by atoms with Crippen LogP contribution >= 0.6 is 0 Å². The maximum absolute atomic E-state index is 12.7. The molecule has 1 unspecified atom stereocenters. The van der Waals surface area contributed by atoms with E-state index >= 15 is 0 Å². The van der Waals surface area contributed by atoms with Crippen LogP contribution < -0.4 is 0 Å². The zero-order valence-electron chi connectivity index (χ0n) is 13.0. The fourth-order valence-electron chi connectivity index (χ4n) is 2.83. The van der Waals surface area contributed by atoms with E-state index in [1.54, 1.807) is 18.2 Å². The number of benzene rings is 2. The first kappa shape index (κ1) is 15.9. The smallest absolute Gasteiger partial charge is 0.196 e.